The molecular formula is C13H17FN2O4S2. The van der Waals surface area contributed by atoms with E-state index in [-0.39, 0.29) is 13.0 Å². The first-order valence-corrected chi connectivity index (χ1v) is 8.90. The van der Waals surface area contributed by atoms with Crippen molar-refractivity contribution in [2.75, 3.05) is 18.9 Å². The Morgan fingerprint density at radius 1 is 1.45 bits per heavy atom. The van der Waals surface area contributed by atoms with E-state index >= 15 is 0 Å². The van der Waals surface area contributed by atoms with Crippen molar-refractivity contribution in [1.29, 1.82) is 0 Å². The molecule has 1 fully saturated rings. The number of thioether (sulfide) groups is 1. The van der Waals surface area contributed by atoms with Gasteiger partial charge in [0.2, 0.25) is 16.8 Å². The van der Waals surface area contributed by atoms with Crippen LogP contribution in [0.1, 0.15) is 18.0 Å². The van der Waals surface area contributed by atoms with Crippen molar-refractivity contribution >= 4 is 28.6 Å². The Labute approximate surface area is 133 Å². The van der Waals surface area contributed by atoms with Gasteiger partial charge < -0.3 is 10.4 Å². The molecule has 0 radical (unpaired) electrons. The van der Waals surface area contributed by atoms with E-state index in [1.807, 2.05) is 0 Å². The van der Waals surface area contributed by atoms with E-state index in [1.165, 1.54) is 36.0 Å². The third-order valence-electron chi connectivity index (χ3n) is 3.31. The highest BCUT2D eigenvalue weighted by Gasteiger charge is 2.34. The summed E-state index contributed by atoms with van der Waals surface area (Å²) in [7, 11) is -2.81. The number of carbonyl (C=O) groups excluding carboxylic acids is 1. The lowest BCUT2D eigenvalue weighted by molar-refractivity contribution is -0.122. The fourth-order valence-corrected chi connectivity index (χ4v) is 4.36. The van der Waals surface area contributed by atoms with Crippen molar-refractivity contribution in [2.45, 2.75) is 17.8 Å². The minimum absolute atomic E-state index is 0.153. The molecule has 22 heavy (non-hydrogen) atoms. The maximum absolute atomic E-state index is 13.0. The van der Waals surface area contributed by atoms with Crippen LogP contribution in [0, 0.1) is 5.82 Å². The lowest BCUT2D eigenvalue weighted by atomic mass is 10.0. The number of hydrogen-bond acceptors (Lipinski definition) is 5. The first-order valence-electron chi connectivity index (χ1n) is 6.72. The second-order valence-electron chi connectivity index (χ2n) is 4.75. The largest absolute Gasteiger partial charge is 0.396 e. The Kier molecular flexibility index (Phi) is 6.18. The molecule has 1 aliphatic heterocycles. The van der Waals surface area contributed by atoms with E-state index in [2.05, 4.69) is 5.32 Å². The molecule has 0 saturated carbocycles. The summed E-state index contributed by atoms with van der Waals surface area (Å²) in [5.41, 5.74) is 0.657. The molecule has 0 aliphatic carbocycles. The quantitative estimate of drug-likeness (QED) is 0.643. The number of aliphatic hydroxyl groups excluding tert-OH is 1. The van der Waals surface area contributed by atoms with Crippen molar-refractivity contribution in [3.05, 3.63) is 35.6 Å². The SMILES string of the molecule is O=C(N[C@@H](CCO)c1ccc(F)cc1)[C@@H]1SCCN1[SH](=O)=O. The van der Waals surface area contributed by atoms with Gasteiger partial charge in [-0.3, -0.25) is 4.79 Å². The summed E-state index contributed by atoms with van der Waals surface area (Å²) in [6.45, 7) is 0.155. The zero-order valence-electron chi connectivity index (χ0n) is 11.6. The smallest absolute Gasteiger partial charge is 0.249 e. The minimum atomic E-state index is -2.81. The molecule has 1 aliphatic rings. The van der Waals surface area contributed by atoms with E-state index in [0.29, 0.717) is 17.9 Å². The molecule has 0 spiro atoms. The predicted octanol–water partition coefficient (Wildman–Crippen LogP) is 0.267. The van der Waals surface area contributed by atoms with Gasteiger partial charge in [-0.05, 0) is 24.1 Å². The number of thiol groups is 1. The van der Waals surface area contributed by atoms with Crippen LogP contribution < -0.4 is 5.32 Å². The molecule has 1 heterocycles. The number of carbonyl (C=O) groups is 1. The van der Waals surface area contributed by atoms with Crippen LogP contribution in [0.5, 0.6) is 0 Å². The minimum Gasteiger partial charge on any atom is -0.396 e. The van der Waals surface area contributed by atoms with Gasteiger partial charge in [-0.1, -0.05) is 12.1 Å². The molecule has 2 N–H and O–H groups in total. The van der Waals surface area contributed by atoms with Gasteiger partial charge in [0.1, 0.15) is 11.2 Å². The molecular weight excluding hydrogens is 331 g/mol. The van der Waals surface area contributed by atoms with Crippen molar-refractivity contribution in [3.8, 4) is 0 Å². The monoisotopic (exact) mass is 348 g/mol. The number of aliphatic hydroxyl groups is 1. The molecule has 9 heteroatoms. The van der Waals surface area contributed by atoms with E-state index in [4.69, 9.17) is 5.11 Å². The van der Waals surface area contributed by atoms with Crippen LogP contribution in [-0.2, 0) is 15.7 Å². The second-order valence-corrected chi connectivity index (χ2v) is 6.93. The van der Waals surface area contributed by atoms with Gasteiger partial charge in [0.05, 0.1) is 6.04 Å². The molecule has 0 aromatic heterocycles. The Morgan fingerprint density at radius 2 is 2.14 bits per heavy atom. The molecule has 6 nitrogen and oxygen atoms in total. The van der Waals surface area contributed by atoms with Crippen LogP contribution in [0.4, 0.5) is 4.39 Å². The number of rotatable bonds is 6. The number of halogens is 1. The maximum Gasteiger partial charge on any atom is 0.249 e. The Hall–Kier alpha value is -1.16. The summed E-state index contributed by atoms with van der Waals surface area (Å²) >= 11 is 1.25. The van der Waals surface area contributed by atoms with Crippen molar-refractivity contribution in [2.24, 2.45) is 0 Å². The highest BCUT2D eigenvalue weighted by Crippen LogP contribution is 2.25. The number of nitrogens with zero attached hydrogens (tertiary/aromatic N) is 1. The third-order valence-corrected chi connectivity index (χ3v) is 5.52. The summed E-state index contributed by atoms with van der Waals surface area (Å²) in [6, 6.07) is 5.12. The van der Waals surface area contributed by atoms with Crippen molar-refractivity contribution in [1.82, 2.24) is 9.62 Å². The van der Waals surface area contributed by atoms with Crippen molar-refractivity contribution in [3.63, 3.8) is 0 Å². The van der Waals surface area contributed by atoms with Crippen molar-refractivity contribution < 1.29 is 22.7 Å². The zero-order valence-corrected chi connectivity index (χ0v) is 13.4. The molecule has 1 aromatic rings. The molecule has 0 unspecified atom stereocenters. The highest BCUT2D eigenvalue weighted by atomic mass is 32.2. The molecule has 1 amide bonds. The first kappa shape index (κ1) is 17.2. The van der Waals surface area contributed by atoms with Gasteiger partial charge in [-0.25, -0.2) is 12.8 Å². The number of benzene rings is 1. The average Bonchev–Trinajstić information content (AvgIpc) is 2.97. The van der Waals surface area contributed by atoms with Gasteiger partial charge in [0, 0.05) is 18.9 Å². The average molecular weight is 348 g/mol. The van der Waals surface area contributed by atoms with E-state index in [1.54, 1.807) is 0 Å². The topological polar surface area (TPSA) is 86.7 Å². The van der Waals surface area contributed by atoms with E-state index in [0.717, 1.165) is 4.31 Å². The van der Waals surface area contributed by atoms with Crippen LogP contribution in [0.15, 0.2) is 24.3 Å². The lowest BCUT2D eigenvalue weighted by Gasteiger charge is -2.22. The Balaban J connectivity index is 2.10. The molecule has 0 bridgehead atoms. The summed E-state index contributed by atoms with van der Waals surface area (Å²) in [4.78, 5) is 12.3. The maximum atomic E-state index is 13.0. The Morgan fingerprint density at radius 3 is 2.73 bits per heavy atom. The number of hydrogen-bond donors (Lipinski definition) is 3. The highest BCUT2D eigenvalue weighted by molar-refractivity contribution is 8.01. The van der Waals surface area contributed by atoms with E-state index < -0.39 is 34.0 Å². The molecule has 2 atom stereocenters. The van der Waals surface area contributed by atoms with Gasteiger partial charge in [-0.2, -0.15) is 4.31 Å². The van der Waals surface area contributed by atoms with Gasteiger partial charge in [0.15, 0.2) is 0 Å². The number of amides is 1. The van der Waals surface area contributed by atoms with Crippen LogP contribution in [0.25, 0.3) is 0 Å². The fraction of sp³-hybridized carbons (Fsp3) is 0.462. The lowest BCUT2D eigenvalue weighted by Crippen LogP contribution is -2.42. The predicted molar refractivity (Wildman–Crippen MR) is 82.3 cm³/mol. The molecule has 1 saturated heterocycles. The number of nitrogens with one attached hydrogen (secondary N) is 1. The summed E-state index contributed by atoms with van der Waals surface area (Å²) in [6.07, 6.45) is 0.262. The zero-order chi connectivity index (χ0) is 16.1. The molecule has 122 valence electrons. The normalized spacial score (nSPS) is 20.2. The van der Waals surface area contributed by atoms with E-state index in [9.17, 15) is 17.6 Å². The van der Waals surface area contributed by atoms with Crippen LogP contribution in [0.3, 0.4) is 0 Å². The summed E-state index contributed by atoms with van der Waals surface area (Å²) in [5, 5.41) is 11.1. The van der Waals surface area contributed by atoms with Crippen LogP contribution >= 0.6 is 11.8 Å². The fourth-order valence-electron chi connectivity index (χ4n) is 2.23. The van der Waals surface area contributed by atoms with Gasteiger partial charge in [-0.15, -0.1) is 11.8 Å². The first-order chi connectivity index (χ1) is 10.5. The van der Waals surface area contributed by atoms with Crippen LogP contribution in [-0.4, -0.2) is 48.0 Å². The van der Waals surface area contributed by atoms with Crippen LogP contribution in [0.2, 0.25) is 0 Å². The third kappa shape index (κ3) is 4.19. The summed E-state index contributed by atoms with van der Waals surface area (Å²) < 4.78 is 36.3. The molecule has 1 aromatic carbocycles. The standard InChI is InChI=1S/C13H17FN2O4S2/c14-10-3-1-9(2-4-10)11(5-7-17)15-12(18)13-16(22(19)20)6-8-21-13/h1-4,11,13,17,22H,5-8H2,(H,15,18)/t11-,13-/m0/s1. The van der Waals surface area contributed by atoms with Gasteiger partial charge in [0.25, 0.3) is 0 Å². The molecule has 2 rings (SSSR count). The van der Waals surface area contributed by atoms with Gasteiger partial charge >= 0.3 is 0 Å². The summed E-state index contributed by atoms with van der Waals surface area (Å²) in [5.74, 6) is -0.258. The second kappa shape index (κ2) is 7.91. The Bertz CT molecular complexity index is 586.